The van der Waals surface area contributed by atoms with E-state index in [1.807, 2.05) is 5.57 Å². The molecular formula is C26H40O2. The van der Waals surface area contributed by atoms with Gasteiger partial charge in [0.15, 0.2) is 0 Å². The number of aliphatic hydroxyl groups excluding tert-OH is 1. The van der Waals surface area contributed by atoms with Gasteiger partial charge in [-0.25, -0.2) is 0 Å². The van der Waals surface area contributed by atoms with Crippen molar-refractivity contribution in [3.8, 4) is 0 Å². The summed E-state index contributed by atoms with van der Waals surface area (Å²) in [6, 6.07) is 0. The van der Waals surface area contributed by atoms with Crippen LogP contribution in [0, 0.1) is 51.8 Å². The van der Waals surface area contributed by atoms with Crippen molar-refractivity contribution in [3.63, 3.8) is 0 Å². The average Bonchev–Trinajstić information content (AvgIpc) is 3.47. The zero-order chi connectivity index (χ0) is 19.5. The van der Waals surface area contributed by atoms with Gasteiger partial charge < -0.3 is 9.84 Å². The molecule has 5 fully saturated rings. The molecule has 156 valence electrons. The van der Waals surface area contributed by atoms with E-state index in [2.05, 4.69) is 33.8 Å². The first-order valence-electron chi connectivity index (χ1n) is 12.3. The summed E-state index contributed by atoms with van der Waals surface area (Å²) in [5.41, 5.74) is 2.81. The number of epoxide rings is 1. The number of hydrogen-bond donors (Lipinski definition) is 1. The monoisotopic (exact) mass is 384 g/mol. The van der Waals surface area contributed by atoms with Crippen molar-refractivity contribution in [1.29, 1.82) is 0 Å². The van der Waals surface area contributed by atoms with Gasteiger partial charge in [0.05, 0.1) is 18.8 Å². The van der Waals surface area contributed by atoms with E-state index >= 15 is 0 Å². The molecule has 1 saturated heterocycles. The molecule has 0 amide bonds. The Hall–Kier alpha value is -0.340. The molecule has 0 aromatic carbocycles. The Morgan fingerprint density at radius 3 is 2.71 bits per heavy atom. The summed E-state index contributed by atoms with van der Waals surface area (Å²) in [5, 5.41) is 11.3. The zero-order valence-electron chi connectivity index (χ0n) is 18.4. The molecule has 7 aliphatic rings. The lowest BCUT2D eigenvalue weighted by molar-refractivity contribution is -0.169. The molecular weight excluding hydrogens is 344 g/mol. The van der Waals surface area contributed by atoms with E-state index in [-0.39, 0.29) is 11.5 Å². The van der Waals surface area contributed by atoms with Crippen molar-refractivity contribution in [2.24, 2.45) is 51.8 Å². The maximum absolute atomic E-state index is 11.3. The van der Waals surface area contributed by atoms with E-state index in [1.54, 1.807) is 0 Å². The lowest BCUT2D eigenvalue weighted by Gasteiger charge is -2.66. The second kappa shape index (κ2) is 5.67. The van der Waals surface area contributed by atoms with Crippen LogP contribution in [-0.4, -0.2) is 23.9 Å². The Morgan fingerprint density at radius 2 is 1.96 bits per heavy atom. The van der Waals surface area contributed by atoms with Gasteiger partial charge in [0, 0.05) is 6.42 Å². The molecule has 11 atom stereocenters. The molecule has 0 aromatic rings. The minimum absolute atomic E-state index is 0.0844. The highest BCUT2D eigenvalue weighted by Crippen LogP contribution is 2.74. The van der Waals surface area contributed by atoms with Gasteiger partial charge in [0.25, 0.3) is 0 Å². The molecule has 4 saturated carbocycles. The molecule has 1 heterocycles. The third kappa shape index (κ3) is 2.18. The fraction of sp³-hybridized carbons (Fsp3) is 0.923. The van der Waals surface area contributed by atoms with Crippen LogP contribution >= 0.6 is 0 Å². The number of rotatable bonds is 3. The highest BCUT2D eigenvalue weighted by Gasteiger charge is 2.67. The lowest BCUT2D eigenvalue weighted by atomic mass is 9.39. The van der Waals surface area contributed by atoms with Gasteiger partial charge in [0.1, 0.15) is 0 Å². The van der Waals surface area contributed by atoms with Crippen LogP contribution in [0.2, 0.25) is 0 Å². The molecule has 0 radical (unpaired) electrons. The van der Waals surface area contributed by atoms with Crippen LogP contribution in [-0.2, 0) is 4.74 Å². The second-order valence-corrected chi connectivity index (χ2v) is 12.5. The predicted molar refractivity (Wildman–Crippen MR) is 112 cm³/mol. The van der Waals surface area contributed by atoms with E-state index in [4.69, 9.17) is 4.74 Å². The van der Waals surface area contributed by atoms with Gasteiger partial charge in [-0.2, -0.15) is 0 Å². The molecule has 0 aromatic heterocycles. The molecule has 6 aliphatic carbocycles. The van der Waals surface area contributed by atoms with E-state index < -0.39 is 0 Å². The highest BCUT2D eigenvalue weighted by molar-refractivity contribution is 5.35. The number of hydrogen-bond acceptors (Lipinski definition) is 2. The summed E-state index contributed by atoms with van der Waals surface area (Å²) < 4.78 is 5.49. The second-order valence-electron chi connectivity index (χ2n) is 12.5. The molecule has 1 spiro atoms. The quantitative estimate of drug-likeness (QED) is 0.508. The van der Waals surface area contributed by atoms with Crippen LogP contribution in [0.15, 0.2) is 11.6 Å². The highest BCUT2D eigenvalue weighted by atomic mass is 16.6. The topological polar surface area (TPSA) is 32.8 Å². The van der Waals surface area contributed by atoms with Gasteiger partial charge in [-0.3, -0.25) is 0 Å². The van der Waals surface area contributed by atoms with E-state index in [1.165, 1.54) is 44.9 Å². The molecule has 28 heavy (non-hydrogen) atoms. The molecule has 7 rings (SSSR count). The standard InChI is InChI=1S/C26H40O2/c1-15-12-26-9-6-20-24(3,21(26)11-18-19(13-26)16(2)23(15)18)7-5-8-25(20,4)22(27)10-17-14-28-17/h13,15-18,20-23,27H,5-12,14H2,1-4H3. The van der Waals surface area contributed by atoms with Gasteiger partial charge in [0.2, 0.25) is 0 Å². The largest absolute Gasteiger partial charge is 0.392 e. The van der Waals surface area contributed by atoms with Gasteiger partial charge in [-0.05, 0) is 90.3 Å². The summed E-state index contributed by atoms with van der Waals surface area (Å²) >= 11 is 0. The SMILES string of the molecule is CC1CC23C=C4C(C)C1C4CC2C1(C)CCCC(C)(C(O)CC2CO2)C1CC3. The van der Waals surface area contributed by atoms with Crippen LogP contribution in [0.4, 0.5) is 0 Å². The summed E-state index contributed by atoms with van der Waals surface area (Å²) in [4.78, 5) is 0. The number of ether oxygens (including phenoxy) is 1. The first kappa shape index (κ1) is 18.4. The fourth-order valence-electron chi connectivity index (χ4n) is 10.1. The lowest BCUT2D eigenvalue weighted by Crippen LogP contribution is -2.60. The van der Waals surface area contributed by atoms with Crippen LogP contribution < -0.4 is 0 Å². The van der Waals surface area contributed by atoms with Crippen molar-refractivity contribution < 1.29 is 9.84 Å². The summed E-state index contributed by atoms with van der Waals surface area (Å²) in [6.45, 7) is 11.0. The van der Waals surface area contributed by atoms with Crippen LogP contribution in [0.25, 0.3) is 0 Å². The fourth-order valence-corrected chi connectivity index (χ4v) is 10.1. The Labute approximate surface area is 171 Å². The van der Waals surface area contributed by atoms with Crippen LogP contribution in [0.1, 0.15) is 79.1 Å². The maximum Gasteiger partial charge on any atom is 0.0834 e. The van der Waals surface area contributed by atoms with Crippen LogP contribution in [0.3, 0.4) is 0 Å². The van der Waals surface area contributed by atoms with Crippen molar-refractivity contribution in [2.45, 2.75) is 91.3 Å². The molecule has 4 bridgehead atoms. The molecule has 1 aliphatic heterocycles. The third-order valence-electron chi connectivity index (χ3n) is 11.4. The van der Waals surface area contributed by atoms with E-state index in [9.17, 15) is 5.11 Å². The third-order valence-corrected chi connectivity index (χ3v) is 11.4. The van der Waals surface area contributed by atoms with Gasteiger partial charge in [-0.1, -0.05) is 45.8 Å². The first-order chi connectivity index (χ1) is 13.3. The average molecular weight is 385 g/mol. The molecule has 11 unspecified atom stereocenters. The van der Waals surface area contributed by atoms with Crippen molar-refractivity contribution in [2.75, 3.05) is 6.61 Å². The Bertz CT molecular complexity index is 709. The van der Waals surface area contributed by atoms with Crippen molar-refractivity contribution in [3.05, 3.63) is 11.6 Å². The van der Waals surface area contributed by atoms with Gasteiger partial charge >= 0.3 is 0 Å². The van der Waals surface area contributed by atoms with Crippen LogP contribution in [0.5, 0.6) is 0 Å². The minimum Gasteiger partial charge on any atom is -0.392 e. The normalized spacial score (nSPS) is 60.0. The molecule has 2 nitrogen and oxygen atoms in total. The van der Waals surface area contributed by atoms with E-state index in [0.29, 0.717) is 22.9 Å². The van der Waals surface area contributed by atoms with Crippen molar-refractivity contribution >= 4 is 0 Å². The van der Waals surface area contributed by atoms with Gasteiger partial charge in [-0.15, -0.1) is 0 Å². The summed E-state index contributed by atoms with van der Waals surface area (Å²) in [7, 11) is 0. The Kier molecular flexibility index (Phi) is 3.73. The Balaban J connectivity index is 1.37. The molecule has 2 heteroatoms. The van der Waals surface area contributed by atoms with E-state index in [0.717, 1.165) is 42.6 Å². The minimum atomic E-state index is -0.188. The Morgan fingerprint density at radius 1 is 1.18 bits per heavy atom. The van der Waals surface area contributed by atoms with Crippen molar-refractivity contribution in [1.82, 2.24) is 0 Å². The summed E-state index contributed by atoms with van der Waals surface area (Å²) in [5.74, 6) is 5.10. The number of aliphatic hydroxyl groups is 1. The zero-order valence-corrected chi connectivity index (χ0v) is 18.4. The summed E-state index contributed by atoms with van der Waals surface area (Å²) in [6.07, 6.45) is 13.3. The molecule has 1 N–H and O–H groups in total. The number of fused-ring (bicyclic) bond motifs is 2. The maximum atomic E-state index is 11.3. The number of allylic oxidation sites excluding steroid dienone is 2. The smallest absolute Gasteiger partial charge is 0.0834 e. The predicted octanol–water partition coefficient (Wildman–Crippen LogP) is 5.60. The first-order valence-corrected chi connectivity index (χ1v) is 12.3.